The molecule has 3 rings (SSSR count). The van der Waals surface area contributed by atoms with Gasteiger partial charge in [-0.15, -0.1) is 0 Å². The number of fused-ring (bicyclic) bond motifs is 1. The summed E-state index contributed by atoms with van der Waals surface area (Å²) in [6.07, 6.45) is 5.31. The second-order valence-corrected chi connectivity index (χ2v) is 6.03. The van der Waals surface area contributed by atoms with Gasteiger partial charge in [-0.1, -0.05) is 23.7 Å². The molecule has 1 atom stereocenters. The fourth-order valence-electron chi connectivity index (χ4n) is 3.36. The molecule has 2 fully saturated rings. The van der Waals surface area contributed by atoms with Gasteiger partial charge in [-0.05, 0) is 37.1 Å². The molecule has 1 aromatic rings. The number of benzene rings is 1. The maximum absolute atomic E-state index is 10.8. The minimum absolute atomic E-state index is 0.603. The molecule has 0 spiro atoms. The summed E-state index contributed by atoms with van der Waals surface area (Å²) in [5.74, 6) is -0.943. The van der Waals surface area contributed by atoms with E-state index in [2.05, 4.69) is 9.80 Å². The molecular formula is C16H19ClN2O2. The molecule has 4 nitrogen and oxygen atoms in total. The number of anilines is 1. The van der Waals surface area contributed by atoms with Crippen molar-refractivity contribution in [1.29, 1.82) is 0 Å². The van der Waals surface area contributed by atoms with Crippen LogP contribution < -0.4 is 4.90 Å². The monoisotopic (exact) mass is 306 g/mol. The van der Waals surface area contributed by atoms with Gasteiger partial charge in [0.2, 0.25) is 0 Å². The molecule has 1 unspecified atom stereocenters. The van der Waals surface area contributed by atoms with E-state index in [9.17, 15) is 4.79 Å². The molecule has 21 heavy (non-hydrogen) atoms. The van der Waals surface area contributed by atoms with E-state index >= 15 is 0 Å². The number of hydrogen-bond donors (Lipinski definition) is 1. The summed E-state index contributed by atoms with van der Waals surface area (Å²) in [5, 5.41) is 9.52. The van der Waals surface area contributed by atoms with Gasteiger partial charge < -0.3 is 10.0 Å². The molecule has 2 aliphatic heterocycles. The van der Waals surface area contributed by atoms with Crippen molar-refractivity contribution in [3.05, 3.63) is 34.9 Å². The normalized spacial score (nSPS) is 22.7. The molecule has 0 saturated carbocycles. The SMILES string of the molecule is O=C(O)/C=C/c1cccc(Cl)c1N1CCN2CCCC2C1. The summed E-state index contributed by atoms with van der Waals surface area (Å²) in [5.41, 5.74) is 1.83. The van der Waals surface area contributed by atoms with Gasteiger partial charge >= 0.3 is 5.97 Å². The molecule has 2 aliphatic rings. The third kappa shape index (κ3) is 3.06. The van der Waals surface area contributed by atoms with Crippen molar-refractivity contribution in [3.63, 3.8) is 0 Å². The van der Waals surface area contributed by atoms with Gasteiger partial charge in [0.15, 0.2) is 0 Å². The Morgan fingerprint density at radius 2 is 2.19 bits per heavy atom. The molecule has 0 bridgehead atoms. The van der Waals surface area contributed by atoms with Crippen LogP contribution in [0.1, 0.15) is 18.4 Å². The van der Waals surface area contributed by atoms with E-state index in [-0.39, 0.29) is 0 Å². The molecule has 0 aliphatic carbocycles. The number of nitrogens with zero attached hydrogens (tertiary/aromatic N) is 2. The average Bonchev–Trinajstić information content (AvgIpc) is 2.92. The van der Waals surface area contributed by atoms with Crippen LogP contribution in [0.15, 0.2) is 24.3 Å². The zero-order valence-electron chi connectivity index (χ0n) is 11.8. The van der Waals surface area contributed by atoms with Crippen LogP contribution in [0.2, 0.25) is 5.02 Å². The zero-order chi connectivity index (χ0) is 14.8. The van der Waals surface area contributed by atoms with Crippen LogP contribution >= 0.6 is 11.6 Å². The summed E-state index contributed by atoms with van der Waals surface area (Å²) in [6.45, 7) is 4.16. The van der Waals surface area contributed by atoms with Crippen molar-refractivity contribution < 1.29 is 9.90 Å². The van der Waals surface area contributed by atoms with Crippen molar-refractivity contribution >= 4 is 29.3 Å². The predicted molar refractivity (Wildman–Crippen MR) is 84.9 cm³/mol. The van der Waals surface area contributed by atoms with Crippen LogP contribution in [-0.4, -0.2) is 48.2 Å². The Balaban J connectivity index is 1.88. The number of carboxylic acid groups (broad SMARTS) is 1. The molecule has 2 heterocycles. The van der Waals surface area contributed by atoms with Crippen LogP contribution in [0.25, 0.3) is 6.08 Å². The zero-order valence-corrected chi connectivity index (χ0v) is 12.6. The Morgan fingerprint density at radius 1 is 1.33 bits per heavy atom. The smallest absolute Gasteiger partial charge is 0.328 e. The van der Waals surface area contributed by atoms with Crippen molar-refractivity contribution in [2.75, 3.05) is 31.1 Å². The van der Waals surface area contributed by atoms with Crippen molar-refractivity contribution in [2.24, 2.45) is 0 Å². The number of carboxylic acids is 1. The third-order valence-electron chi connectivity index (χ3n) is 4.33. The van der Waals surface area contributed by atoms with Gasteiger partial charge in [0.1, 0.15) is 0 Å². The van der Waals surface area contributed by atoms with E-state index in [0.717, 1.165) is 30.9 Å². The first-order chi connectivity index (χ1) is 10.1. The van der Waals surface area contributed by atoms with E-state index < -0.39 is 5.97 Å². The second-order valence-electron chi connectivity index (χ2n) is 5.63. The van der Waals surface area contributed by atoms with Crippen LogP contribution in [0, 0.1) is 0 Å². The minimum Gasteiger partial charge on any atom is -0.478 e. The molecule has 0 radical (unpaired) electrons. The van der Waals surface area contributed by atoms with Crippen LogP contribution in [0.3, 0.4) is 0 Å². The summed E-state index contributed by atoms with van der Waals surface area (Å²) in [6, 6.07) is 6.25. The van der Waals surface area contributed by atoms with Gasteiger partial charge in [-0.25, -0.2) is 4.79 Å². The van der Waals surface area contributed by atoms with Gasteiger partial charge in [0, 0.05) is 31.8 Å². The second kappa shape index (κ2) is 6.08. The highest BCUT2D eigenvalue weighted by Crippen LogP contribution is 2.34. The van der Waals surface area contributed by atoms with E-state index in [4.69, 9.17) is 16.7 Å². The van der Waals surface area contributed by atoms with Crippen LogP contribution in [-0.2, 0) is 4.79 Å². The Kier molecular flexibility index (Phi) is 4.17. The van der Waals surface area contributed by atoms with Gasteiger partial charge in [0.05, 0.1) is 10.7 Å². The third-order valence-corrected chi connectivity index (χ3v) is 4.63. The highest BCUT2D eigenvalue weighted by atomic mass is 35.5. The molecule has 0 amide bonds. The molecule has 2 saturated heterocycles. The predicted octanol–water partition coefficient (Wildman–Crippen LogP) is 2.72. The van der Waals surface area contributed by atoms with Gasteiger partial charge in [-0.3, -0.25) is 4.90 Å². The van der Waals surface area contributed by atoms with Gasteiger partial charge in [0.25, 0.3) is 0 Å². The Hall–Kier alpha value is -1.52. The lowest BCUT2D eigenvalue weighted by atomic mass is 10.1. The highest BCUT2D eigenvalue weighted by molar-refractivity contribution is 6.33. The molecule has 0 aromatic heterocycles. The number of hydrogen-bond acceptors (Lipinski definition) is 3. The quantitative estimate of drug-likeness (QED) is 0.872. The number of piperazine rings is 1. The summed E-state index contributed by atoms with van der Waals surface area (Å²) in [4.78, 5) is 15.6. The molecule has 1 N–H and O–H groups in total. The minimum atomic E-state index is -0.943. The lowest BCUT2D eigenvalue weighted by molar-refractivity contribution is -0.131. The summed E-state index contributed by atoms with van der Waals surface area (Å²) in [7, 11) is 0. The highest BCUT2D eigenvalue weighted by Gasteiger charge is 2.31. The van der Waals surface area contributed by atoms with Crippen LogP contribution in [0.5, 0.6) is 0 Å². The molecule has 1 aromatic carbocycles. The molecule has 5 heteroatoms. The van der Waals surface area contributed by atoms with E-state index in [1.165, 1.54) is 25.5 Å². The number of halogens is 1. The summed E-state index contributed by atoms with van der Waals surface area (Å²) >= 11 is 6.38. The van der Waals surface area contributed by atoms with E-state index in [1.807, 2.05) is 18.2 Å². The lowest BCUT2D eigenvalue weighted by Gasteiger charge is -2.39. The van der Waals surface area contributed by atoms with Crippen molar-refractivity contribution in [2.45, 2.75) is 18.9 Å². The molecular weight excluding hydrogens is 288 g/mol. The average molecular weight is 307 g/mol. The number of para-hydroxylation sites is 1. The van der Waals surface area contributed by atoms with Gasteiger partial charge in [-0.2, -0.15) is 0 Å². The van der Waals surface area contributed by atoms with E-state index in [0.29, 0.717) is 11.1 Å². The molecule has 112 valence electrons. The Morgan fingerprint density at radius 3 is 3.00 bits per heavy atom. The van der Waals surface area contributed by atoms with Crippen molar-refractivity contribution in [1.82, 2.24) is 4.90 Å². The Bertz CT molecular complexity index is 573. The Labute approximate surface area is 129 Å². The first kappa shape index (κ1) is 14.4. The first-order valence-electron chi connectivity index (χ1n) is 7.33. The standard InChI is InChI=1S/C16H19ClN2O2/c17-14-5-1-3-12(6-7-15(20)21)16(14)19-10-9-18-8-2-4-13(18)11-19/h1,3,5-7,13H,2,4,8-11H2,(H,20,21)/b7-6+. The maximum atomic E-state index is 10.8. The lowest BCUT2D eigenvalue weighted by Crippen LogP contribution is -2.50. The first-order valence-corrected chi connectivity index (χ1v) is 7.71. The largest absolute Gasteiger partial charge is 0.478 e. The fourth-order valence-corrected chi connectivity index (χ4v) is 3.66. The number of rotatable bonds is 3. The van der Waals surface area contributed by atoms with Crippen molar-refractivity contribution in [3.8, 4) is 0 Å². The fraction of sp³-hybridized carbons (Fsp3) is 0.438. The van der Waals surface area contributed by atoms with E-state index in [1.54, 1.807) is 6.08 Å². The topological polar surface area (TPSA) is 43.8 Å². The van der Waals surface area contributed by atoms with Crippen LogP contribution in [0.4, 0.5) is 5.69 Å². The number of aliphatic carboxylic acids is 1. The number of carbonyl (C=O) groups is 1. The maximum Gasteiger partial charge on any atom is 0.328 e. The summed E-state index contributed by atoms with van der Waals surface area (Å²) < 4.78 is 0.